The van der Waals surface area contributed by atoms with Gasteiger partial charge in [-0.05, 0) is 24.6 Å². The summed E-state index contributed by atoms with van der Waals surface area (Å²) in [4.78, 5) is 25.7. The molecule has 1 aromatic carbocycles. The van der Waals surface area contributed by atoms with E-state index in [-0.39, 0.29) is 23.3 Å². The number of benzene rings is 1. The van der Waals surface area contributed by atoms with Crippen LogP contribution in [-0.2, 0) is 16.1 Å². The van der Waals surface area contributed by atoms with Gasteiger partial charge in [0, 0.05) is 26.2 Å². The summed E-state index contributed by atoms with van der Waals surface area (Å²) in [6, 6.07) is 4.03. The highest BCUT2D eigenvalue weighted by molar-refractivity contribution is 6.30. The molecule has 1 atom stereocenters. The molecule has 22 heavy (non-hydrogen) atoms. The zero-order valence-corrected chi connectivity index (χ0v) is 13.1. The van der Waals surface area contributed by atoms with Gasteiger partial charge < -0.3 is 10.6 Å². The molecule has 5 nitrogen and oxygen atoms in total. The summed E-state index contributed by atoms with van der Waals surface area (Å²) in [6.07, 6.45) is 0.0930. The Bertz CT molecular complexity index is 568. The topological polar surface area (TPSA) is 61.4 Å². The van der Waals surface area contributed by atoms with E-state index in [0.717, 1.165) is 5.56 Å². The van der Waals surface area contributed by atoms with Gasteiger partial charge >= 0.3 is 0 Å². The number of halogens is 2. The zero-order valence-electron chi connectivity index (χ0n) is 12.4. The van der Waals surface area contributed by atoms with Crippen LogP contribution in [0.2, 0.25) is 5.02 Å². The quantitative estimate of drug-likeness (QED) is 0.857. The molecule has 0 radical (unpaired) electrons. The van der Waals surface area contributed by atoms with E-state index < -0.39 is 11.9 Å². The molecule has 2 rings (SSSR count). The average molecular weight is 328 g/mol. The molecular weight excluding hydrogens is 309 g/mol. The third kappa shape index (κ3) is 4.18. The molecule has 1 fully saturated rings. The van der Waals surface area contributed by atoms with Crippen molar-refractivity contribution in [2.24, 2.45) is 0 Å². The van der Waals surface area contributed by atoms with Crippen LogP contribution in [0, 0.1) is 5.82 Å². The molecule has 1 aliphatic heterocycles. The minimum atomic E-state index is -0.543. The van der Waals surface area contributed by atoms with Gasteiger partial charge in [0.2, 0.25) is 11.8 Å². The summed E-state index contributed by atoms with van der Waals surface area (Å²) >= 11 is 5.67. The molecule has 0 unspecified atom stereocenters. The summed E-state index contributed by atoms with van der Waals surface area (Å²) in [5.41, 5.74) is 0.720. The number of hydrogen-bond donors (Lipinski definition) is 2. The Balaban J connectivity index is 2.09. The molecule has 120 valence electrons. The Hall–Kier alpha value is -1.66. The first kappa shape index (κ1) is 16.7. The van der Waals surface area contributed by atoms with Gasteiger partial charge in [0.1, 0.15) is 5.82 Å². The number of nitrogens with one attached hydrogen (secondary N) is 2. The van der Waals surface area contributed by atoms with Gasteiger partial charge in [0.15, 0.2) is 0 Å². The number of nitrogens with zero attached hydrogens (tertiary/aromatic N) is 1. The van der Waals surface area contributed by atoms with Crippen LogP contribution in [0.3, 0.4) is 0 Å². The van der Waals surface area contributed by atoms with Gasteiger partial charge in [0.25, 0.3) is 0 Å². The molecule has 2 N–H and O–H groups in total. The maximum Gasteiger partial charge on any atom is 0.237 e. The Morgan fingerprint density at radius 1 is 1.55 bits per heavy atom. The second-order valence-electron chi connectivity index (χ2n) is 5.18. The highest BCUT2D eigenvalue weighted by atomic mass is 35.5. The Morgan fingerprint density at radius 2 is 2.32 bits per heavy atom. The van der Waals surface area contributed by atoms with E-state index in [0.29, 0.717) is 26.2 Å². The summed E-state index contributed by atoms with van der Waals surface area (Å²) in [7, 11) is 0. The van der Waals surface area contributed by atoms with E-state index in [1.807, 2.05) is 11.8 Å². The third-order valence-corrected chi connectivity index (χ3v) is 3.87. The average Bonchev–Trinajstić information content (AvgIpc) is 2.47. The Labute approximate surface area is 133 Å². The number of carbonyl (C=O) groups excluding carboxylic acids is 2. The van der Waals surface area contributed by atoms with Crippen molar-refractivity contribution >= 4 is 23.4 Å². The van der Waals surface area contributed by atoms with E-state index in [1.165, 1.54) is 12.1 Å². The van der Waals surface area contributed by atoms with Gasteiger partial charge in [-0.15, -0.1) is 0 Å². The van der Waals surface area contributed by atoms with Crippen LogP contribution in [0.5, 0.6) is 0 Å². The molecule has 0 aromatic heterocycles. The highest BCUT2D eigenvalue weighted by Gasteiger charge is 2.31. The summed E-state index contributed by atoms with van der Waals surface area (Å²) in [5.74, 6) is -0.829. The lowest BCUT2D eigenvalue weighted by Crippen LogP contribution is -2.56. The fraction of sp³-hybridized carbons (Fsp3) is 0.467. The highest BCUT2D eigenvalue weighted by Crippen LogP contribution is 2.19. The second kappa shape index (κ2) is 7.56. The number of amides is 2. The lowest BCUT2D eigenvalue weighted by molar-refractivity contribution is -0.134. The summed E-state index contributed by atoms with van der Waals surface area (Å²) in [6.45, 7) is 3.87. The van der Waals surface area contributed by atoms with Crippen LogP contribution in [-0.4, -0.2) is 42.4 Å². The fourth-order valence-electron chi connectivity index (χ4n) is 2.49. The van der Waals surface area contributed by atoms with E-state index in [2.05, 4.69) is 10.6 Å². The predicted molar refractivity (Wildman–Crippen MR) is 81.9 cm³/mol. The third-order valence-electron chi connectivity index (χ3n) is 3.56. The SMILES string of the molecule is CCNC(=O)C[C@@H]1C(=O)NCCN1Cc1ccc(Cl)c(F)c1. The molecule has 0 bridgehead atoms. The number of rotatable bonds is 5. The van der Waals surface area contributed by atoms with Crippen molar-refractivity contribution in [3.05, 3.63) is 34.6 Å². The molecule has 0 saturated carbocycles. The molecular formula is C15H19ClFN3O2. The van der Waals surface area contributed by atoms with Crippen molar-refractivity contribution in [1.29, 1.82) is 0 Å². The second-order valence-corrected chi connectivity index (χ2v) is 5.59. The maximum atomic E-state index is 13.5. The molecule has 0 aliphatic carbocycles. The van der Waals surface area contributed by atoms with E-state index >= 15 is 0 Å². The van der Waals surface area contributed by atoms with Crippen molar-refractivity contribution in [2.45, 2.75) is 25.9 Å². The fourth-order valence-corrected chi connectivity index (χ4v) is 2.61. The first-order valence-electron chi connectivity index (χ1n) is 7.23. The number of carbonyl (C=O) groups is 2. The van der Waals surface area contributed by atoms with Gasteiger partial charge in [-0.25, -0.2) is 4.39 Å². The van der Waals surface area contributed by atoms with Crippen LogP contribution < -0.4 is 10.6 Å². The Kier molecular flexibility index (Phi) is 5.74. The normalized spacial score (nSPS) is 18.9. The van der Waals surface area contributed by atoms with Gasteiger partial charge in [-0.3, -0.25) is 14.5 Å². The molecule has 7 heteroatoms. The summed E-state index contributed by atoms with van der Waals surface area (Å²) in [5, 5.41) is 5.52. The van der Waals surface area contributed by atoms with Crippen LogP contribution in [0.1, 0.15) is 18.9 Å². The molecule has 1 heterocycles. The van der Waals surface area contributed by atoms with E-state index in [9.17, 15) is 14.0 Å². The monoisotopic (exact) mass is 327 g/mol. The molecule has 2 amide bonds. The van der Waals surface area contributed by atoms with Crippen LogP contribution in [0.4, 0.5) is 4.39 Å². The largest absolute Gasteiger partial charge is 0.356 e. The lowest BCUT2D eigenvalue weighted by atomic mass is 10.1. The molecule has 0 spiro atoms. The van der Waals surface area contributed by atoms with Crippen molar-refractivity contribution < 1.29 is 14.0 Å². The molecule has 1 aromatic rings. The lowest BCUT2D eigenvalue weighted by Gasteiger charge is -2.34. The minimum absolute atomic E-state index is 0.0685. The smallest absolute Gasteiger partial charge is 0.237 e. The molecule has 1 saturated heterocycles. The standard InChI is InChI=1S/C15H19ClFN3O2/c1-2-18-14(21)8-13-15(22)19-5-6-20(13)9-10-3-4-11(16)12(17)7-10/h3-4,7,13H,2,5-6,8-9H2,1H3,(H,18,21)(H,19,22)/t13-/m1/s1. The van der Waals surface area contributed by atoms with Crippen LogP contribution in [0.15, 0.2) is 18.2 Å². The first-order valence-corrected chi connectivity index (χ1v) is 7.61. The molecule has 1 aliphatic rings. The van der Waals surface area contributed by atoms with Gasteiger partial charge in [-0.1, -0.05) is 17.7 Å². The van der Waals surface area contributed by atoms with E-state index in [4.69, 9.17) is 11.6 Å². The van der Waals surface area contributed by atoms with Crippen molar-refractivity contribution in [2.75, 3.05) is 19.6 Å². The van der Waals surface area contributed by atoms with Gasteiger partial charge in [0.05, 0.1) is 17.5 Å². The maximum absolute atomic E-state index is 13.5. The number of hydrogen-bond acceptors (Lipinski definition) is 3. The van der Waals surface area contributed by atoms with Crippen LogP contribution >= 0.6 is 11.6 Å². The van der Waals surface area contributed by atoms with Crippen molar-refractivity contribution in [1.82, 2.24) is 15.5 Å². The van der Waals surface area contributed by atoms with Crippen molar-refractivity contribution in [3.8, 4) is 0 Å². The van der Waals surface area contributed by atoms with Crippen molar-refractivity contribution in [3.63, 3.8) is 0 Å². The number of piperazine rings is 1. The minimum Gasteiger partial charge on any atom is -0.356 e. The predicted octanol–water partition coefficient (Wildman–Crippen LogP) is 1.31. The van der Waals surface area contributed by atoms with Crippen LogP contribution in [0.25, 0.3) is 0 Å². The van der Waals surface area contributed by atoms with Gasteiger partial charge in [-0.2, -0.15) is 0 Å². The zero-order chi connectivity index (χ0) is 16.1. The Morgan fingerprint density at radius 3 is 3.00 bits per heavy atom. The van der Waals surface area contributed by atoms with E-state index in [1.54, 1.807) is 6.07 Å². The summed E-state index contributed by atoms with van der Waals surface area (Å²) < 4.78 is 13.5. The first-order chi connectivity index (χ1) is 10.5.